The molecular weight excluding hydrogens is 276 g/mol. The van der Waals surface area contributed by atoms with Gasteiger partial charge in [-0.1, -0.05) is 29.3 Å². The topological polar surface area (TPSA) is 59.9 Å². The highest BCUT2D eigenvalue weighted by atomic mass is 79.9. The Hall–Kier alpha value is -0.620. The Balaban J connectivity index is 4.00. The number of hydrogen-bond donors (Lipinski definition) is 1. The van der Waals surface area contributed by atoms with E-state index in [0.717, 1.165) is 12.8 Å². The van der Waals surface area contributed by atoms with Crippen LogP contribution in [0.3, 0.4) is 0 Å². The molecule has 0 aromatic rings. The molecule has 0 radical (unpaired) electrons. The van der Waals surface area contributed by atoms with Crippen LogP contribution in [0.25, 0.3) is 0 Å². The standard InChI is InChI=1S/C10H19BrN2O3/c1-4-6-8(11)9(15-3)7-12-13-10(14)16-5-2/h7-9H,4-6H2,1-3H3,(H,13,14)/b12-7+. The van der Waals surface area contributed by atoms with Crippen molar-refractivity contribution >= 4 is 28.2 Å². The minimum absolute atomic E-state index is 0.165. The molecule has 0 heterocycles. The Morgan fingerprint density at radius 3 is 2.75 bits per heavy atom. The summed E-state index contributed by atoms with van der Waals surface area (Å²) in [5.74, 6) is 0. The smallest absolute Gasteiger partial charge is 0.427 e. The lowest BCUT2D eigenvalue weighted by atomic mass is 10.2. The van der Waals surface area contributed by atoms with Gasteiger partial charge in [-0.2, -0.15) is 5.10 Å². The Morgan fingerprint density at radius 2 is 2.25 bits per heavy atom. The fourth-order valence-corrected chi connectivity index (χ4v) is 1.88. The molecule has 1 N–H and O–H groups in total. The second-order valence-corrected chi connectivity index (χ2v) is 4.29. The van der Waals surface area contributed by atoms with Crippen molar-refractivity contribution in [2.24, 2.45) is 5.10 Å². The van der Waals surface area contributed by atoms with Crippen molar-refractivity contribution in [1.29, 1.82) is 0 Å². The maximum absolute atomic E-state index is 10.9. The van der Waals surface area contributed by atoms with Gasteiger partial charge in [0, 0.05) is 11.9 Å². The van der Waals surface area contributed by atoms with Crippen LogP contribution in [-0.2, 0) is 9.47 Å². The highest BCUT2D eigenvalue weighted by Crippen LogP contribution is 2.13. The lowest BCUT2D eigenvalue weighted by Crippen LogP contribution is -2.27. The van der Waals surface area contributed by atoms with Crippen LogP contribution in [0.4, 0.5) is 4.79 Å². The van der Waals surface area contributed by atoms with Crippen LogP contribution < -0.4 is 5.43 Å². The number of ether oxygens (including phenoxy) is 2. The Bertz CT molecular complexity index is 224. The molecule has 0 aromatic carbocycles. The number of hydrogen-bond acceptors (Lipinski definition) is 4. The van der Waals surface area contributed by atoms with E-state index >= 15 is 0 Å². The third kappa shape index (κ3) is 6.79. The summed E-state index contributed by atoms with van der Waals surface area (Å²) in [7, 11) is 1.60. The van der Waals surface area contributed by atoms with Crippen molar-refractivity contribution in [3.05, 3.63) is 0 Å². The lowest BCUT2D eigenvalue weighted by Gasteiger charge is -2.16. The van der Waals surface area contributed by atoms with Gasteiger partial charge in [-0.25, -0.2) is 10.2 Å². The zero-order valence-corrected chi connectivity index (χ0v) is 11.5. The largest absolute Gasteiger partial charge is 0.449 e. The van der Waals surface area contributed by atoms with E-state index in [1.165, 1.54) is 0 Å². The fourth-order valence-electron chi connectivity index (χ4n) is 1.07. The third-order valence-corrected chi connectivity index (χ3v) is 2.82. The first kappa shape index (κ1) is 15.4. The van der Waals surface area contributed by atoms with Gasteiger partial charge in [0.15, 0.2) is 0 Å². The number of carbonyl (C=O) groups is 1. The molecule has 94 valence electrons. The average Bonchev–Trinajstić information content (AvgIpc) is 2.25. The highest BCUT2D eigenvalue weighted by Gasteiger charge is 2.15. The molecule has 2 unspecified atom stereocenters. The summed E-state index contributed by atoms with van der Waals surface area (Å²) in [5.41, 5.74) is 2.25. The number of amides is 1. The first-order valence-corrected chi connectivity index (χ1v) is 6.20. The molecule has 0 saturated carbocycles. The predicted molar refractivity (Wildman–Crippen MR) is 67.1 cm³/mol. The summed E-state index contributed by atoms with van der Waals surface area (Å²) >= 11 is 3.50. The van der Waals surface area contributed by atoms with Crippen molar-refractivity contribution < 1.29 is 14.3 Å². The van der Waals surface area contributed by atoms with Gasteiger partial charge in [-0.05, 0) is 13.3 Å². The number of carbonyl (C=O) groups excluding carboxylic acids is 1. The average molecular weight is 295 g/mol. The van der Waals surface area contributed by atoms with Gasteiger partial charge in [0.1, 0.15) is 6.10 Å². The number of hydrazone groups is 1. The Morgan fingerprint density at radius 1 is 1.56 bits per heavy atom. The van der Waals surface area contributed by atoms with Crippen LogP contribution in [0.2, 0.25) is 0 Å². The quantitative estimate of drug-likeness (QED) is 0.445. The fraction of sp³-hybridized carbons (Fsp3) is 0.800. The first-order valence-electron chi connectivity index (χ1n) is 5.28. The van der Waals surface area contributed by atoms with Crippen LogP contribution in [0, 0.1) is 0 Å². The molecule has 0 aliphatic carbocycles. The van der Waals surface area contributed by atoms with Gasteiger partial charge in [-0.15, -0.1) is 0 Å². The number of alkyl halides is 1. The highest BCUT2D eigenvalue weighted by molar-refractivity contribution is 9.09. The summed E-state index contributed by atoms with van der Waals surface area (Å²) in [5, 5.41) is 3.76. The number of nitrogens with one attached hydrogen (secondary N) is 1. The molecule has 0 saturated heterocycles. The van der Waals surface area contributed by atoms with Crippen LogP contribution in [0.1, 0.15) is 26.7 Å². The van der Waals surface area contributed by atoms with Crippen molar-refractivity contribution in [3.8, 4) is 0 Å². The van der Waals surface area contributed by atoms with Crippen LogP contribution in [-0.4, -0.2) is 37.0 Å². The molecule has 0 fully saturated rings. The molecular formula is C10H19BrN2O3. The molecule has 5 nitrogen and oxygen atoms in total. The summed E-state index contributed by atoms with van der Waals surface area (Å²) in [4.78, 5) is 11.1. The number of rotatable bonds is 7. The maximum atomic E-state index is 10.9. The number of methoxy groups -OCH3 is 1. The Labute approximate surface area is 105 Å². The zero-order valence-electron chi connectivity index (χ0n) is 9.90. The molecule has 0 rings (SSSR count). The van der Waals surface area contributed by atoms with Crippen LogP contribution in [0.5, 0.6) is 0 Å². The SMILES string of the molecule is CCCC(Br)C(/C=N/NC(=O)OCC)OC. The van der Waals surface area contributed by atoms with Gasteiger partial charge in [0.25, 0.3) is 0 Å². The summed E-state index contributed by atoms with van der Waals surface area (Å²) in [6.07, 6.45) is 2.85. The van der Waals surface area contributed by atoms with Gasteiger partial charge in [-0.3, -0.25) is 0 Å². The molecule has 16 heavy (non-hydrogen) atoms. The molecule has 0 aliphatic heterocycles. The van der Waals surface area contributed by atoms with Gasteiger partial charge in [0.2, 0.25) is 0 Å². The molecule has 0 aromatic heterocycles. The van der Waals surface area contributed by atoms with E-state index < -0.39 is 6.09 Å². The van der Waals surface area contributed by atoms with E-state index in [4.69, 9.17) is 4.74 Å². The number of nitrogens with zero attached hydrogens (tertiary/aromatic N) is 1. The number of halogens is 1. The zero-order chi connectivity index (χ0) is 12.4. The van der Waals surface area contributed by atoms with E-state index in [-0.39, 0.29) is 10.9 Å². The lowest BCUT2D eigenvalue weighted by molar-refractivity contribution is 0.149. The van der Waals surface area contributed by atoms with Gasteiger partial charge >= 0.3 is 6.09 Å². The van der Waals surface area contributed by atoms with Gasteiger partial charge < -0.3 is 9.47 Å². The van der Waals surface area contributed by atoms with E-state index in [9.17, 15) is 4.79 Å². The van der Waals surface area contributed by atoms with E-state index in [0.29, 0.717) is 6.61 Å². The van der Waals surface area contributed by atoms with E-state index in [1.54, 1.807) is 20.2 Å². The molecule has 1 amide bonds. The van der Waals surface area contributed by atoms with E-state index in [1.807, 2.05) is 0 Å². The summed E-state index contributed by atoms with van der Waals surface area (Å²) < 4.78 is 9.87. The minimum atomic E-state index is -0.560. The second kappa shape index (κ2) is 9.59. The normalized spacial score (nSPS) is 14.8. The maximum Gasteiger partial charge on any atom is 0.427 e. The monoisotopic (exact) mass is 294 g/mol. The minimum Gasteiger partial charge on any atom is -0.449 e. The van der Waals surface area contributed by atoms with Crippen molar-refractivity contribution in [2.75, 3.05) is 13.7 Å². The molecule has 0 aliphatic rings. The predicted octanol–water partition coefficient (Wildman–Crippen LogP) is 2.30. The molecule has 6 heteroatoms. The van der Waals surface area contributed by atoms with Gasteiger partial charge in [0.05, 0.1) is 12.8 Å². The van der Waals surface area contributed by atoms with E-state index in [2.05, 4.69) is 38.1 Å². The summed E-state index contributed by atoms with van der Waals surface area (Å²) in [6, 6.07) is 0. The van der Waals surface area contributed by atoms with Crippen LogP contribution >= 0.6 is 15.9 Å². The van der Waals surface area contributed by atoms with Crippen molar-refractivity contribution in [2.45, 2.75) is 37.6 Å². The van der Waals surface area contributed by atoms with Crippen LogP contribution in [0.15, 0.2) is 5.10 Å². The molecule has 2 atom stereocenters. The Kier molecular flexibility index (Phi) is 9.22. The third-order valence-electron chi connectivity index (χ3n) is 1.85. The van der Waals surface area contributed by atoms with Crippen molar-refractivity contribution in [1.82, 2.24) is 5.43 Å². The first-order chi connectivity index (χ1) is 7.65. The molecule has 0 bridgehead atoms. The van der Waals surface area contributed by atoms with Crippen molar-refractivity contribution in [3.63, 3.8) is 0 Å². The summed E-state index contributed by atoms with van der Waals surface area (Å²) in [6.45, 7) is 4.15. The molecule has 0 spiro atoms. The second-order valence-electron chi connectivity index (χ2n) is 3.12.